The Balaban J connectivity index is 2.13. The van der Waals surface area contributed by atoms with E-state index in [1.807, 2.05) is 6.92 Å². The molecule has 2 rings (SSSR count). The first kappa shape index (κ1) is 12.2. The minimum absolute atomic E-state index is 0.112. The highest BCUT2D eigenvalue weighted by Gasteiger charge is 2.10. The fourth-order valence-electron chi connectivity index (χ4n) is 1.45. The summed E-state index contributed by atoms with van der Waals surface area (Å²) in [7, 11) is 0. The highest BCUT2D eigenvalue weighted by molar-refractivity contribution is 5.44. The lowest BCUT2D eigenvalue weighted by molar-refractivity contribution is 0.579. The number of hydrogen-bond acceptors (Lipinski definition) is 5. The van der Waals surface area contributed by atoms with E-state index in [0.717, 1.165) is 0 Å². The van der Waals surface area contributed by atoms with Gasteiger partial charge in [-0.2, -0.15) is 0 Å². The van der Waals surface area contributed by atoms with Gasteiger partial charge >= 0.3 is 0 Å². The van der Waals surface area contributed by atoms with Crippen molar-refractivity contribution in [3.63, 3.8) is 0 Å². The van der Waals surface area contributed by atoms with Crippen LogP contribution in [0.15, 0.2) is 12.4 Å². The number of aromatic nitrogens is 4. The molecule has 0 spiro atoms. The van der Waals surface area contributed by atoms with Crippen LogP contribution in [-0.2, 0) is 13.1 Å². The largest absolute Gasteiger partial charge is 0.381 e. The Hall–Kier alpha value is -2.25. The molecule has 0 aromatic carbocycles. The lowest BCUT2D eigenvalue weighted by Gasteiger charge is -2.08. The van der Waals surface area contributed by atoms with Crippen LogP contribution in [0.5, 0.6) is 0 Å². The zero-order valence-electron chi connectivity index (χ0n) is 9.69. The van der Waals surface area contributed by atoms with Gasteiger partial charge in [0.15, 0.2) is 29.1 Å². The van der Waals surface area contributed by atoms with Crippen molar-refractivity contribution < 1.29 is 8.78 Å². The van der Waals surface area contributed by atoms with Crippen LogP contribution in [0.2, 0.25) is 0 Å². The van der Waals surface area contributed by atoms with Crippen LogP contribution in [0.4, 0.5) is 20.4 Å². The molecular formula is C10H12F2N6. The summed E-state index contributed by atoms with van der Waals surface area (Å²) in [5.41, 5.74) is 5.27. The molecule has 0 aliphatic carbocycles. The molecule has 18 heavy (non-hydrogen) atoms. The number of halogens is 2. The Morgan fingerprint density at radius 3 is 2.89 bits per heavy atom. The van der Waals surface area contributed by atoms with E-state index in [-0.39, 0.29) is 18.2 Å². The predicted octanol–water partition coefficient (Wildman–Crippen LogP) is 1.17. The molecule has 0 bridgehead atoms. The van der Waals surface area contributed by atoms with E-state index in [9.17, 15) is 8.78 Å². The molecule has 0 unspecified atom stereocenters. The second kappa shape index (κ2) is 4.94. The van der Waals surface area contributed by atoms with Gasteiger partial charge in [0.2, 0.25) is 0 Å². The van der Waals surface area contributed by atoms with Gasteiger partial charge in [-0.15, -0.1) is 10.2 Å². The van der Waals surface area contributed by atoms with Crippen molar-refractivity contribution >= 4 is 11.6 Å². The topological polar surface area (TPSA) is 81.7 Å². The van der Waals surface area contributed by atoms with Gasteiger partial charge in [-0.1, -0.05) is 0 Å². The summed E-state index contributed by atoms with van der Waals surface area (Å²) in [6.45, 7) is 2.86. The van der Waals surface area contributed by atoms with E-state index in [2.05, 4.69) is 20.5 Å². The third-order valence-electron chi connectivity index (χ3n) is 2.41. The van der Waals surface area contributed by atoms with E-state index in [0.29, 0.717) is 18.4 Å². The second-order valence-electron chi connectivity index (χ2n) is 3.57. The van der Waals surface area contributed by atoms with Crippen molar-refractivity contribution in [2.75, 3.05) is 11.1 Å². The fourth-order valence-corrected chi connectivity index (χ4v) is 1.45. The first-order chi connectivity index (χ1) is 8.61. The molecule has 96 valence electrons. The number of hydrogen-bond donors (Lipinski definition) is 2. The van der Waals surface area contributed by atoms with Crippen LogP contribution in [0.1, 0.15) is 12.7 Å². The fraction of sp³-hybridized carbons (Fsp3) is 0.300. The van der Waals surface area contributed by atoms with Crippen molar-refractivity contribution in [3.05, 3.63) is 29.9 Å². The number of pyridine rings is 1. The first-order valence-corrected chi connectivity index (χ1v) is 5.34. The van der Waals surface area contributed by atoms with Crippen LogP contribution in [0.25, 0.3) is 0 Å². The zero-order valence-corrected chi connectivity index (χ0v) is 9.69. The molecule has 0 radical (unpaired) electrons. The summed E-state index contributed by atoms with van der Waals surface area (Å²) in [4.78, 5) is 3.59. The Kier molecular flexibility index (Phi) is 3.35. The number of nitrogens with zero attached hydrogens (tertiary/aromatic N) is 4. The zero-order chi connectivity index (χ0) is 13.1. The van der Waals surface area contributed by atoms with Crippen LogP contribution in [-0.4, -0.2) is 19.7 Å². The van der Waals surface area contributed by atoms with Crippen LogP contribution >= 0.6 is 0 Å². The van der Waals surface area contributed by atoms with Gasteiger partial charge in [0.1, 0.15) is 6.33 Å². The van der Waals surface area contributed by atoms with Gasteiger partial charge in [0.25, 0.3) is 0 Å². The third-order valence-corrected chi connectivity index (χ3v) is 2.41. The molecule has 0 aliphatic heterocycles. The van der Waals surface area contributed by atoms with Crippen molar-refractivity contribution in [1.29, 1.82) is 0 Å². The Labute approximate surface area is 102 Å². The van der Waals surface area contributed by atoms with E-state index in [1.165, 1.54) is 0 Å². The van der Waals surface area contributed by atoms with Crippen LogP contribution < -0.4 is 11.1 Å². The standard InChI is InChI=1S/C10H12F2N6/c1-2-18-5-15-17-8(18)4-14-10-7(12)3-6(11)9(13)16-10/h3,5H,2,4H2,1H3,(H3,13,14,16). The molecule has 0 saturated heterocycles. The average Bonchev–Trinajstić information content (AvgIpc) is 2.79. The monoisotopic (exact) mass is 254 g/mol. The lowest BCUT2D eigenvalue weighted by Crippen LogP contribution is -2.11. The minimum atomic E-state index is -0.880. The summed E-state index contributed by atoms with van der Waals surface area (Å²) < 4.78 is 28.1. The number of nitrogens with one attached hydrogen (secondary N) is 1. The molecule has 0 fully saturated rings. The number of rotatable bonds is 4. The normalized spacial score (nSPS) is 10.6. The molecule has 3 N–H and O–H groups in total. The van der Waals surface area contributed by atoms with Crippen molar-refractivity contribution in [3.8, 4) is 0 Å². The molecule has 0 amide bonds. The Morgan fingerprint density at radius 1 is 1.39 bits per heavy atom. The molecule has 8 heteroatoms. The Bertz CT molecular complexity index is 553. The summed E-state index contributed by atoms with van der Waals surface area (Å²) in [6, 6.07) is 0.690. The summed E-state index contributed by atoms with van der Waals surface area (Å²) in [6.07, 6.45) is 1.57. The van der Waals surface area contributed by atoms with Crippen molar-refractivity contribution in [2.24, 2.45) is 0 Å². The highest BCUT2D eigenvalue weighted by Crippen LogP contribution is 2.16. The molecule has 2 aromatic rings. The minimum Gasteiger partial charge on any atom is -0.381 e. The maximum Gasteiger partial charge on any atom is 0.168 e. The van der Waals surface area contributed by atoms with Crippen molar-refractivity contribution in [2.45, 2.75) is 20.0 Å². The SMILES string of the molecule is CCn1cnnc1CNc1nc(N)c(F)cc1F. The highest BCUT2D eigenvalue weighted by atomic mass is 19.1. The number of anilines is 2. The molecule has 2 heterocycles. The van der Waals surface area contributed by atoms with E-state index >= 15 is 0 Å². The van der Waals surface area contributed by atoms with Gasteiger partial charge in [-0.25, -0.2) is 13.8 Å². The number of nitrogens with two attached hydrogens (primary N) is 1. The number of nitrogen functional groups attached to an aromatic ring is 1. The maximum atomic E-state index is 13.4. The summed E-state index contributed by atoms with van der Waals surface area (Å²) in [5, 5.41) is 10.3. The van der Waals surface area contributed by atoms with E-state index in [1.54, 1.807) is 10.9 Å². The van der Waals surface area contributed by atoms with Gasteiger partial charge in [0.05, 0.1) is 6.54 Å². The molecule has 2 aromatic heterocycles. The number of aryl methyl sites for hydroxylation is 1. The maximum absolute atomic E-state index is 13.4. The molecular weight excluding hydrogens is 242 g/mol. The average molecular weight is 254 g/mol. The molecule has 6 nitrogen and oxygen atoms in total. The predicted molar refractivity (Wildman–Crippen MR) is 61.6 cm³/mol. The lowest BCUT2D eigenvalue weighted by atomic mass is 10.4. The molecule has 0 atom stereocenters. The molecule has 0 saturated carbocycles. The Morgan fingerprint density at radius 2 is 2.17 bits per heavy atom. The summed E-state index contributed by atoms with van der Waals surface area (Å²) in [5.74, 6) is -1.52. The first-order valence-electron chi connectivity index (χ1n) is 5.34. The summed E-state index contributed by atoms with van der Waals surface area (Å²) >= 11 is 0. The molecule has 0 aliphatic rings. The van der Waals surface area contributed by atoms with Crippen molar-refractivity contribution in [1.82, 2.24) is 19.7 Å². The van der Waals surface area contributed by atoms with Gasteiger partial charge < -0.3 is 15.6 Å². The second-order valence-corrected chi connectivity index (χ2v) is 3.57. The van der Waals surface area contributed by atoms with E-state index < -0.39 is 11.6 Å². The van der Waals surface area contributed by atoms with Gasteiger partial charge in [0, 0.05) is 12.6 Å². The smallest absolute Gasteiger partial charge is 0.168 e. The quantitative estimate of drug-likeness (QED) is 0.855. The van der Waals surface area contributed by atoms with Crippen LogP contribution in [0, 0.1) is 11.6 Å². The van der Waals surface area contributed by atoms with Gasteiger partial charge in [-0.05, 0) is 6.92 Å². The van der Waals surface area contributed by atoms with Gasteiger partial charge in [-0.3, -0.25) is 0 Å². The van der Waals surface area contributed by atoms with E-state index in [4.69, 9.17) is 5.73 Å². The van der Waals surface area contributed by atoms with Crippen LogP contribution in [0.3, 0.4) is 0 Å². The third kappa shape index (κ3) is 2.36.